The number of hydrogen-bond acceptors (Lipinski definition) is 1. The number of hydrogen-bond donors (Lipinski definition) is 0. The van der Waals surface area contributed by atoms with Gasteiger partial charge in [-0.3, -0.25) is 0 Å². The summed E-state index contributed by atoms with van der Waals surface area (Å²) < 4.78 is 17.0. The third-order valence-corrected chi connectivity index (χ3v) is 1.54. The van der Waals surface area contributed by atoms with Gasteiger partial charge in [0.15, 0.2) is 0 Å². The first-order valence-corrected chi connectivity index (χ1v) is 3.65. The predicted octanol–water partition coefficient (Wildman–Crippen LogP) is 3.23. The van der Waals surface area contributed by atoms with Crippen LogP contribution in [0.4, 0.5) is 4.39 Å². The summed E-state index contributed by atoms with van der Waals surface area (Å²) in [7, 11) is 0. The van der Waals surface area contributed by atoms with E-state index in [1.165, 1.54) is 11.6 Å². The Labute approximate surface area is 65.5 Å². The standard InChI is InChI=1S/C9H11FO/c1-3-7(2)6-8-4-5-9(10)11-8/h4-6H,3H2,1-2H3/b7-6+. The van der Waals surface area contributed by atoms with Gasteiger partial charge in [0.2, 0.25) is 0 Å². The van der Waals surface area contributed by atoms with Gasteiger partial charge in [-0.1, -0.05) is 12.5 Å². The molecular formula is C9H11FO. The second-order valence-corrected chi connectivity index (χ2v) is 2.49. The highest BCUT2D eigenvalue weighted by atomic mass is 19.1. The van der Waals surface area contributed by atoms with Crippen LogP contribution >= 0.6 is 0 Å². The highest BCUT2D eigenvalue weighted by Crippen LogP contribution is 2.11. The topological polar surface area (TPSA) is 13.1 Å². The molecule has 0 aromatic carbocycles. The number of allylic oxidation sites excluding steroid dienone is 1. The molecular weight excluding hydrogens is 143 g/mol. The van der Waals surface area contributed by atoms with E-state index in [0.29, 0.717) is 5.76 Å². The Morgan fingerprint density at radius 2 is 2.36 bits per heavy atom. The Morgan fingerprint density at radius 1 is 1.64 bits per heavy atom. The Morgan fingerprint density at radius 3 is 2.82 bits per heavy atom. The highest BCUT2D eigenvalue weighted by molar-refractivity contribution is 5.46. The Bertz CT molecular complexity index is 260. The van der Waals surface area contributed by atoms with Crippen molar-refractivity contribution in [2.75, 3.05) is 0 Å². The maximum Gasteiger partial charge on any atom is 0.278 e. The predicted molar refractivity (Wildman–Crippen MR) is 42.6 cm³/mol. The van der Waals surface area contributed by atoms with E-state index >= 15 is 0 Å². The van der Waals surface area contributed by atoms with Crippen LogP contribution in [0.15, 0.2) is 22.1 Å². The fourth-order valence-corrected chi connectivity index (χ4v) is 0.751. The Kier molecular flexibility index (Phi) is 2.47. The molecule has 0 saturated carbocycles. The second kappa shape index (κ2) is 3.37. The van der Waals surface area contributed by atoms with E-state index in [4.69, 9.17) is 4.42 Å². The normalized spacial score (nSPS) is 12.1. The first-order valence-electron chi connectivity index (χ1n) is 3.65. The number of halogens is 1. The molecule has 0 aliphatic carbocycles. The van der Waals surface area contributed by atoms with E-state index < -0.39 is 6.01 Å². The van der Waals surface area contributed by atoms with Crippen molar-refractivity contribution in [3.63, 3.8) is 0 Å². The fourth-order valence-electron chi connectivity index (χ4n) is 0.751. The summed E-state index contributed by atoms with van der Waals surface area (Å²) in [5.41, 5.74) is 1.18. The maximum absolute atomic E-state index is 12.3. The van der Waals surface area contributed by atoms with Crippen molar-refractivity contribution in [2.45, 2.75) is 20.3 Å². The largest absolute Gasteiger partial charge is 0.432 e. The van der Waals surface area contributed by atoms with E-state index in [2.05, 4.69) is 0 Å². The van der Waals surface area contributed by atoms with E-state index in [0.717, 1.165) is 6.42 Å². The number of furan rings is 1. The summed E-state index contributed by atoms with van der Waals surface area (Å²) in [5.74, 6) is 0.585. The summed E-state index contributed by atoms with van der Waals surface area (Å²) in [6.07, 6.45) is 2.80. The summed E-state index contributed by atoms with van der Waals surface area (Å²) in [6.45, 7) is 4.03. The molecule has 0 spiro atoms. The van der Waals surface area contributed by atoms with Crippen LogP contribution in [0.5, 0.6) is 0 Å². The van der Waals surface area contributed by atoms with Crippen molar-refractivity contribution in [1.82, 2.24) is 0 Å². The summed E-state index contributed by atoms with van der Waals surface area (Å²) in [6, 6.07) is 2.41. The van der Waals surface area contributed by atoms with Crippen LogP contribution in [0.2, 0.25) is 0 Å². The van der Waals surface area contributed by atoms with E-state index in [1.54, 1.807) is 6.07 Å². The Hall–Kier alpha value is -1.05. The Balaban J connectivity index is 2.78. The van der Waals surface area contributed by atoms with Crippen molar-refractivity contribution in [3.05, 3.63) is 29.5 Å². The molecule has 0 atom stereocenters. The van der Waals surface area contributed by atoms with Crippen LogP contribution in [0.3, 0.4) is 0 Å². The molecule has 0 amide bonds. The molecule has 0 bridgehead atoms. The molecule has 1 aromatic heterocycles. The average Bonchev–Trinajstić information content (AvgIpc) is 2.35. The van der Waals surface area contributed by atoms with Crippen molar-refractivity contribution in [3.8, 4) is 0 Å². The molecule has 0 radical (unpaired) electrons. The summed E-state index contributed by atoms with van der Waals surface area (Å²) in [4.78, 5) is 0. The molecule has 0 aliphatic rings. The molecule has 0 fully saturated rings. The lowest BCUT2D eigenvalue weighted by Gasteiger charge is -1.90. The molecule has 1 nitrogen and oxygen atoms in total. The zero-order valence-corrected chi connectivity index (χ0v) is 6.73. The smallest absolute Gasteiger partial charge is 0.278 e. The van der Waals surface area contributed by atoms with E-state index in [-0.39, 0.29) is 0 Å². The molecule has 1 rings (SSSR count). The summed E-state index contributed by atoms with van der Waals surface area (Å²) in [5, 5.41) is 0. The summed E-state index contributed by atoms with van der Waals surface area (Å²) >= 11 is 0. The van der Waals surface area contributed by atoms with Crippen LogP contribution in [0, 0.1) is 6.01 Å². The van der Waals surface area contributed by atoms with Gasteiger partial charge in [0.25, 0.3) is 6.01 Å². The molecule has 2 heteroatoms. The monoisotopic (exact) mass is 154 g/mol. The highest BCUT2D eigenvalue weighted by Gasteiger charge is 1.96. The van der Waals surface area contributed by atoms with Crippen molar-refractivity contribution >= 4 is 6.08 Å². The zero-order valence-electron chi connectivity index (χ0n) is 6.73. The van der Waals surface area contributed by atoms with Crippen molar-refractivity contribution in [2.24, 2.45) is 0 Å². The fraction of sp³-hybridized carbons (Fsp3) is 0.333. The van der Waals surface area contributed by atoms with Gasteiger partial charge in [-0.2, -0.15) is 4.39 Å². The number of rotatable bonds is 2. The van der Waals surface area contributed by atoms with Gasteiger partial charge in [0.1, 0.15) is 5.76 Å². The molecule has 1 heterocycles. The first-order chi connectivity index (χ1) is 5.22. The molecule has 11 heavy (non-hydrogen) atoms. The lowest BCUT2D eigenvalue weighted by atomic mass is 10.2. The first kappa shape index (κ1) is 8.05. The molecule has 0 N–H and O–H groups in total. The van der Waals surface area contributed by atoms with Crippen LogP contribution in [0.25, 0.3) is 6.08 Å². The second-order valence-electron chi connectivity index (χ2n) is 2.49. The quantitative estimate of drug-likeness (QED) is 0.637. The van der Waals surface area contributed by atoms with Crippen LogP contribution < -0.4 is 0 Å². The lowest BCUT2D eigenvalue weighted by Crippen LogP contribution is -1.70. The van der Waals surface area contributed by atoms with Gasteiger partial charge < -0.3 is 4.42 Å². The van der Waals surface area contributed by atoms with Gasteiger partial charge in [-0.15, -0.1) is 0 Å². The van der Waals surface area contributed by atoms with Gasteiger partial charge in [-0.05, 0) is 25.5 Å². The average molecular weight is 154 g/mol. The minimum Gasteiger partial charge on any atom is -0.432 e. The minimum atomic E-state index is -0.528. The zero-order chi connectivity index (χ0) is 8.27. The molecule has 0 aliphatic heterocycles. The van der Waals surface area contributed by atoms with Crippen LogP contribution in [0.1, 0.15) is 26.0 Å². The molecule has 1 aromatic rings. The third kappa shape index (κ3) is 2.22. The van der Waals surface area contributed by atoms with Gasteiger partial charge >= 0.3 is 0 Å². The van der Waals surface area contributed by atoms with E-state index in [1.807, 2.05) is 19.9 Å². The third-order valence-electron chi connectivity index (χ3n) is 1.54. The van der Waals surface area contributed by atoms with Crippen molar-refractivity contribution in [1.29, 1.82) is 0 Å². The van der Waals surface area contributed by atoms with Crippen LogP contribution in [-0.2, 0) is 0 Å². The van der Waals surface area contributed by atoms with Gasteiger partial charge in [-0.25, -0.2) is 0 Å². The molecule has 60 valence electrons. The SMILES string of the molecule is CC/C(C)=C/c1ccc(F)o1. The minimum absolute atomic E-state index is 0.528. The van der Waals surface area contributed by atoms with Crippen LogP contribution in [-0.4, -0.2) is 0 Å². The molecule has 0 saturated heterocycles. The molecule has 0 unspecified atom stereocenters. The lowest BCUT2D eigenvalue weighted by molar-refractivity contribution is 0.355. The van der Waals surface area contributed by atoms with Gasteiger partial charge in [0, 0.05) is 6.07 Å². The van der Waals surface area contributed by atoms with Gasteiger partial charge in [0.05, 0.1) is 0 Å². The maximum atomic E-state index is 12.3. The van der Waals surface area contributed by atoms with Crippen molar-refractivity contribution < 1.29 is 8.81 Å². The van der Waals surface area contributed by atoms with E-state index in [9.17, 15) is 4.39 Å².